The fraction of sp³-hybridized carbons (Fsp3) is 0.381. The third-order valence-electron chi connectivity index (χ3n) is 3.86. The van der Waals surface area contributed by atoms with Crippen molar-refractivity contribution < 1.29 is 23.0 Å². The number of rotatable bonds is 11. The molecule has 2 aromatic rings. The summed E-state index contributed by atoms with van der Waals surface area (Å²) >= 11 is 0. The van der Waals surface area contributed by atoms with E-state index in [0.29, 0.717) is 26.1 Å². The Morgan fingerprint density at radius 1 is 1.11 bits per heavy atom. The second-order valence-corrected chi connectivity index (χ2v) is 6.31. The number of benzene rings is 2. The lowest BCUT2D eigenvalue weighted by molar-refractivity contribution is -0.122. The maximum Gasteiger partial charge on any atom is 0.220 e. The normalized spacial score (nSPS) is 11.8. The molecular formula is C21H25F2NO3. The van der Waals surface area contributed by atoms with Gasteiger partial charge >= 0.3 is 0 Å². The Kier molecular flexibility index (Phi) is 8.71. The van der Waals surface area contributed by atoms with Gasteiger partial charge in [0.05, 0.1) is 12.6 Å². The van der Waals surface area contributed by atoms with Gasteiger partial charge in [0.15, 0.2) is 11.6 Å². The molecule has 1 atom stereocenters. The van der Waals surface area contributed by atoms with E-state index < -0.39 is 11.6 Å². The van der Waals surface area contributed by atoms with Crippen molar-refractivity contribution in [1.29, 1.82) is 0 Å². The number of ether oxygens (including phenoxy) is 2. The number of amides is 1. The molecule has 0 saturated carbocycles. The fourth-order valence-corrected chi connectivity index (χ4v) is 2.47. The van der Waals surface area contributed by atoms with Crippen LogP contribution in [0.4, 0.5) is 8.78 Å². The molecule has 0 aliphatic carbocycles. The van der Waals surface area contributed by atoms with Gasteiger partial charge in [-0.1, -0.05) is 30.3 Å². The lowest BCUT2D eigenvalue weighted by atomic mass is 10.2. The predicted octanol–water partition coefficient (Wildman–Crippen LogP) is 3.89. The Bertz CT molecular complexity index is 710. The molecule has 0 saturated heterocycles. The number of carbonyl (C=O) groups is 1. The van der Waals surface area contributed by atoms with E-state index in [1.165, 1.54) is 11.6 Å². The molecule has 0 heterocycles. The SMILES string of the molecule is CC(COc1ccc(F)cc1F)NC(=O)CCCOCCc1ccccc1. The lowest BCUT2D eigenvalue weighted by Crippen LogP contribution is -2.36. The molecule has 1 unspecified atom stereocenters. The van der Waals surface area contributed by atoms with E-state index in [2.05, 4.69) is 17.4 Å². The van der Waals surface area contributed by atoms with E-state index in [0.717, 1.165) is 18.6 Å². The van der Waals surface area contributed by atoms with Crippen LogP contribution in [-0.4, -0.2) is 31.8 Å². The number of halogens is 2. The van der Waals surface area contributed by atoms with E-state index in [1.54, 1.807) is 6.92 Å². The molecule has 0 fully saturated rings. The van der Waals surface area contributed by atoms with E-state index >= 15 is 0 Å². The van der Waals surface area contributed by atoms with Gasteiger partial charge in [0.1, 0.15) is 12.4 Å². The Hall–Kier alpha value is -2.47. The second-order valence-electron chi connectivity index (χ2n) is 6.31. The smallest absolute Gasteiger partial charge is 0.220 e. The molecule has 146 valence electrons. The first-order chi connectivity index (χ1) is 13.0. The minimum Gasteiger partial charge on any atom is -0.488 e. The Labute approximate surface area is 158 Å². The van der Waals surface area contributed by atoms with Gasteiger partial charge in [-0.05, 0) is 37.5 Å². The minimum atomic E-state index is -0.763. The molecule has 27 heavy (non-hydrogen) atoms. The van der Waals surface area contributed by atoms with E-state index in [4.69, 9.17) is 9.47 Å². The molecule has 2 rings (SSSR count). The van der Waals surface area contributed by atoms with Gasteiger partial charge in [-0.25, -0.2) is 8.78 Å². The Balaban J connectivity index is 1.54. The van der Waals surface area contributed by atoms with Crippen molar-refractivity contribution >= 4 is 5.91 Å². The molecule has 2 aromatic carbocycles. The molecular weight excluding hydrogens is 352 g/mol. The summed E-state index contributed by atoms with van der Waals surface area (Å²) < 4.78 is 37.1. The highest BCUT2D eigenvalue weighted by atomic mass is 19.1. The van der Waals surface area contributed by atoms with Crippen molar-refractivity contribution in [3.63, 3.8) is 0 Å². The van der Waals surface area contributed by atoms with Gasteiger partial charge in [-0.3, -0.25) is 4.79 Å². The average Bonchev–Trinajstić information content (AvgIpc) is 2.64. The van der Waals surface area contributed by atoms with Crippen molar-refractivity contribution in [3.05, 3.63) is 65.7 Å². The lowest BCUT2D eigenvalue weighted by Gasteiger charge is -2.15. The summed E-state index contributed by atoms with van der Waals surface area (Å²) in [6.07, 6.45) is 1.82. The summed E-state index contributed by atoms with van der Waals surface area (Å²) in [5.74, 6) is -1.57. The Morgan fingerprint density at radius 3 is 2.63 bits per heavy atom. The first-order valence-corrected chi connectivity index (χ1v) is 9.03. The van der Waals surface area contributed by atoms with Crippen molar-refractivity contribution in [1.82, 2.24) is 5.32 Å². The number of nitrogens with one attached hydrogen (secondary N) is 1. The van der Waals surface area contributed by atoms with Crippen LogP contribution in [0, 0.1) is 11.6 Å². The fourth-order valence-electron chi connectivity index (χ4n) is 2.47. The minimum absolute atomic E-state index is 0.0377. The zero-order valence-electron chi connectivity index (χ0n) is 15.4. The van der Waals surface area contributed by atoms with Gasteiger partial charge in [0.25, 0.3) is 0 Å². The molecule has 0 aliphatic rings. The van der Waals surface area contributed by atoms with Gasteiger partial charge in [-0.15, -0.1) is 0 Å². The highest BCUT2D eigenvalue weighted by Crippen LogP contribution is 2.17. The summed E-state index contributed by atoms with van der Waals surface area (Å²) in [7, 11) is 0. The quantitative estimate of drug-likeness (QED) is 0.605. The van der Waals surface area contributed by atoms with E-state index in [-0.39, 0.29) is 24.3 Å². The van der Waals surface area contributed by atoms with Crippen molar-refractivity contribution in [2.45, 2.75) is 32.2 Å². The van der Waals surface area contributed by atoms with Gasteiger partial charge < -0.3 is 14.8 Å². The summed E-state index contributed by atoms with van der Waals surface area (Å²) in [5, 5.41) is 2.78. The monoisotopic (exact) mass is 377 g/mol. The molecule has 0 aliphatic heterocycles. The summed E-state index contributed by atoms with van der Waals surface area (Å²) in [4.78, 5) is 11.9. The molecule has 1 N–H and O–H groups in total. The predicted molar refractivity (Wildman–Crippen MR) is 99.7 cm³/mol. The average molecular weight is 377 g/mol. The highest BCUT2D eigenvalue weighted by Gasteiger charge is 2.10. The van der Waals surface area contributed by atoms with Crippen molar-refractivity contribution in [3.8, 4) is 5.75 Å². The topological polar surface area (TPSA) is 47.6 Å². The summed E-state index contributed by atoms with van der Waals surface area (Å²) in [5.41, 5.74) is 1.22. The molecule has 4 nitrogen and oxygen atoms in total. The number of carbonyl (C=O) groups excluding carboxylic acids is 1. The van der Waals surface area contributed by atoms with Crippen LogP contribution < -0.4 is 10.1 Å². The second kappa shape index (κ2) is 11.3. The van der Waals surface area contributed by atoms with Crippen LogP contribution in [0.15, 0.2) is 48.5 Å². The molecule has 0 spiro atoms. The van der Waals surface area contributed by atoms with Crippen LogP contribution in [0.5, 0.6) is 5.75 Å². The number of hydrogen-bond acceptors (Lipinski definition) is 3. The van der Waals surface area contributed by atoms with E-state index in [1.807, 2.05) is 18.2 Å². The van der Waals surface area contributed by atoms with Crippen molar-refractivity contribution in [2.24, 2.45) is 0 Å². The molecule has 0 bridgehead atoms. The van der Waals surface area contributed by atoms with Crippen LogP contribution in [0.1, 0.15) is 25.3 Å². The third kappa shape index (κ3) is 8.17. The maximum atomic E-state index is 13.5. The van der Waals surface area contributed by atoms with Gasteiger partial charge in [0.2, 0.25) is 5.91 Å². The molecule has 0 aromatic heterocycles. The van der Waals surface area contributed by atoms with Crippen LogP contribution >= 0.6 is 0 Å². The maximum absolute atomic E-state index is 13.5. The largest absolute Gasteiger partial charge is 0.488 e. The zero-order chi connectivity index (χ0) is 19.5. The molecule has 6 heteroatoms. The summed E-state index contributed by atoms with van der Waals surface area (Å²) in [6, 6.07) is 12.9. The highest BCUT2D eigenvalue weighted by molar-refractivity contribution is 5.76. The van der Waals surface area contributed by atoms with Crippen LogP contribution in [0.3, 0.4) is 0 Å². The van der Waals surface area contributed by atoms with Crippen LogP contribution in [0.2, 0.25) is 0 Å². The van der Waals surface area contributed by atoms with Crippen LogP contribution in [0.25, 0.3) is 0 Å². The molecule has 0 radical (unpaired) electrons. The first-order valence-electron chi connectivity index (χ1n) is 9.03. The third-order valence-corrected chi connectivity index (χ3v) is 3.86. The van der Waals surface area contributed by atoms with Crippen molar-refractivity contribution in [2.75, 3.05) is 19.8 Å². The first kappa shape index (κ1) is 20.8. The standard InChI is InChI=1S/C21H25F2NO3/c1-16(15-27-20-10-9-18(22)14-19(20)23)24-21(25)8-5-12-26-13-11-17-6-3-2-4-7-17/h2-4,6-7,9-10,14,16H,5,8,11-13,15H2,1H3,(H,24,25). The Morgan fingerprint density at radius 2 is 1.89 bits per heavy atom. The summed E-state index contributed by atoms with van der Waals surface area (Å²) in [6.45, 7) is 3.00. The van der Waals surface area contributed by atoms with E-state index in [9.17, 15) is 13.6 Å². The van der Waals surface area contributed by atoms with Crippen LogP contribution in [-0.2, 0) is 16.0 Å². The van der Waals surface area contributed by atoms with Gasteiger partial charge in [-0.2, -0.15) is 0 Å². The molecule has 1 amide bonds. The number of hydrogen-bond donors (Lipinski definition) is 1. The van der Waals surface area contributed by atoms with Gasteiger partial charge in [0, 0.05) is 19.1 Å². The zero-order valence-corrected chi connectivity index (χ0v) is 15.4.